The van der Waals surface area contributed by atoms with E-state index >= 15 is 0 Å². The molecule has 0 heterocycles. The van der Waals surface area contributed by atoms with Gasteiger partial charge in [0.1, 0.15) is 18.1 Å². The van der Waals surface area contributed by atoms with E-state index < -0.39 is 4.92 Å². The van der Waals surface area contributed by atoms with Crippen LogP contribution in [0.3, 0.4) is 0 Å². The first-order valence-electron chi connectivity index (χ1n) is 7.61. The molecule has 0 saturated heterocycles. The first kappa shape index (κ1) is 16.3. The lowest BCUT2D eigenvalue weighted by Gasteiger charge is -2.11. The van der Waals surface area contributed by atoms with Crippen LogP contribution in [0.2, 0.25) is 0 Å². The van der Waals surface area contributed by atoms with E-state index in [0.717, 1.165) is 5.56 Å². The lowest BCUT2D eigenvalue weighted by molar-refractivity contribution is -0.386. The van der Waals surface area contributed by atoms with Crippen LogP contribution in [-0.4, -0.2) is 4.92 Å². The van der Waals surface area contributed by atoms with Gasteiger partial charge in [0.15, 0.2) is 0 Å². The summed E-state index contributed by atoms with van der Waals surface area (Å²) in [6, 6.07) is 20.8. The molecule has 3 aromatic carbocycles. The van der Waals surface area contributed by atoms with Crippen LogP contribution in [0.1, 0.15) is 5.56 Å². The van der Waals surface area contributed by atoms with Crippen LogP contribution < -0.4 is 15.2 Å². The first-order valence-corrected chi connectivity index (χ1v) is 7.61. The van der Waals surface area contributed by atoms with Crippen LogP contribution in [0, 0.1) is 10.1 Å². The highest BCUT2D eigenvalue weighted by molar-refractivity contribution is 5.56. The summed E-state index contributed by atoms with van der Waals surface area (Å²) in [5.74, 6) is 1.03. The Labute approximate surface area is 144 Å². The second-order valence-electron chi connectivity index (χ2n) is 5.30. The number of hydrogen-bond donors (Lipinski definition) is 1. The Morgan fingerprint density at radius 2 is 1.64 bits per heavy atom. The lowest BCUT2D eigenvalue weighted by atomic mass is 10.2. The summed E-state index contributed by atoms with van der Waals surface area (Å²) in [6.45, 7) is 0.221. The van der Waals surface area contributed by atoms with Crippen LogP contribution in [-0.2, 0) is 6.61 Å². The molecule has 0 aliphatic carbocycles. The van der Waals surface area contributed by atoms with E-state index in [1.54, 1.807) is 24.3 Å². The Morgan fingerprint density at radius 3 is 2.36 bits per heavy atom. The molecule has 3 aromatic rings. The number of hydrogen-bond acceptors (Lipinski definition) is 5. The first-order chi connectivity index (χ1) is 12.1. The highest BCUT2D eigenvalue weighted by Gasteiger charge is 2.17. The molecule has 3 rings (SSSR count). The van der Waals surface area contributed by atoms with Crippen molar-refractivity contribution in [1.29, 1.82) is 0 Å². The number of rotatable bonds is 6. The number of nitrogens with zero attached hydrogens (tertiary/aromatic N) is 1. The fourth-order valence-electron chi connectivity index (χ4n) is 2.26. The van der Waals surface area contributed by atoms with Gasteiger partial charge in [0.05, 0.1) is 10.6 Å². The van der Waals surface area contributed by atoms with Crippen molar-refractivity contribution >= 4 is 11.4 Å². The van der Waals surface area contributed by atoms with E-state index in [9.17, 15) is 10.1 Å². The summed E-state index contributed by atoms with van der Waals surface area (Å²) in [5, 5.41) is 11.2. The molecule has 0 aliphatic rings. The van der Waals surface area contributed by atoms with E-state index in [4.69, 9.17) is 15.2 Å². The molecule has 0 aromatic heterocycles. The molecule has 6 heteroatoms. The maximum Gasteiger partial charge on any atom is 0.311 e. The molecule has 25 heavy (non-hydrogen) atoms. The van der Waals surface area contributed by atoms with Gasteiger partial charge in [0.2, 0.25) is 5.75 Å². The average Bonchev–Trinajstić information content (AvgIpc) is 2.63. The molecule has 0 unspecified atom stereocenters. The third kappa shape index (κ3) is 4.06. The van der Waals surface area contributed by atoms with E-state index in [0.29, 0.717) is 17.2 Å². The number of anilines is 1. The summed E-state index contributed by atoms with van der Waals surface area (Å²) in [6.07, 6.45) is 0. The van der Waals surface area contributed by atoms with Crippen molar-refractivity contribution in [2.24, 2.45) is 0 Å². The van der Waals surface area contributed by atoms with Gasteiger partial charge in [0.25, 0.3) is 0 Å². The number of nitro groups is 1. The Kier molecular flexibility index (Phi) is 4.80. The SMILES string of the molecule is Nc1ccccc1Oc1ccc([N+](=O)[O-])c(OCc2ccccc2)c1. The minimum Gasteiger partial charge on any atom is -0.482 e. The second-order valence-corrected chi connectivity index (χ2v) is 5.30. The van der Waals surface area contributed by atoms with Crippen molar-refractivity contribution in [2.75, 3.05) is 5.73 Å². The molecule has 6 nitrogen and oxygen atoms in total. The van der Waals surface area contributed by atoms with Crippen LogP contribution >= 0.6 is 0 Å². The van der Waals surface area contributed by atoms with Crippen molar-refractivity contribution in [3.05, 3.63) is 88.5 Å². The zero-order valence-corrected chi connectivity index (χ0v) is 13.3. The highest BCUT2D eigenvalue weighted by atomic mass is 16.6. The lowest BCUT2D eigenvalue weighted by Crippen LogP contribution is -2.00. The van der Waals surface area contributed by atoms with Crippen molar-refractivity contribution in [3.63, 3.8) is 0 Å². The van der Waals surface area contributed by atoms with Crippen molar-refractivity contribution < 1.29 is 14.4 Å². The van der Waals surface area contributed by atoms with Gasteiger partial charge in [-0.1, -0.05) is 42.5 Å². The Hall–Kier alpha value is -3.54. The maximum absolute atomic E-state index is 11.2. The summed E-state index contributed by atoms with van der Waals surface area (Å²) >= 11 is 0. The molecule has 0 bridgehead atoms. The van der Waals surface area contributed by atoms with E-state index in [1.807, 2.05) is 30.3 Å². The molecule has 0 fully saturated rings. The third-order valence-corrected chi connectivity index (χ3v) is 3.51. The van der Waals surface area contributed by atoms with Gasteiger partial charge < -0.3 is 15.2 Å². The molecule has 0 saturated carbocycles. The van der Waals surface area contributed by atoms with Gasteiger partial charge in [-0.3, -0.25) is 10.1 Å². The molecule has 0 spiro atoms. The Bertz CT molecular complexity index is 882. The molecule has 0 aliphatic heterocycles. The number of nitrogens with two attached hydrogens (primary N) is 1. The molecule has 126 valence electrons. The van der Waals surface area contributed by atoms with Gasteiger partial charge >= 0.3 is 5.69 Å². The zero-order valence-electron chi connectivity index (χ0n) is 13.3. The van der Waals surface area contributed by atoms with Crippen LogP contribution in [0.25, 0.3) is 0 Å². The van der Waals surface area contributed by atoms with E-state index in [1.165, 1.54) is 18.2 Å². The van der Waals surface area contributed by atoms with Gasteiger partial charge in [-0.25, -0.2) is 0 Å². The molecule has 0 radical (unpaired) electrons. The highest BCUT2D eigenvalue weighted by Crippen LogP contribution is 2.35. The number of ether oxygens (including phenoxy) is 2. The fraction of sp³-hybridized carbons (Fsp3) is 0.0526. The van der Waals surface area contributed by atoms with Gasteiger partial charge in [0, 0.05) is 12.1 Å². The standard InChI is InChI=1S/C19H16N2O4/c20-16-8-4-5-9-18(16)25-15-10-11-17(21(22)23)19(12-15)24-13-14-6-2-1-3-7-14/h1-12H,13,20H2. The average molecular weight is 336 g/mol. The quantitative estimate of drug-likeness (QED) is 0.405. The number of benzene rings is 3. The van der Waals surface area contributed by atoms with Crippen molar-refractivity contribution in [3.8, 4) is 17.2 Å². The molecular weight excluding hydrogens is 320 g/mol. The minimum atomic E-state index is -0.485. The summed E-state index contributed by atoms with van der Waals surface area (Å²) < 4.78 is 11.3. The van der Waals surface area contributed by atoms with Gasteiger partial charge in [-0.2, -0.15) is 0 Å². The Morgan fingerprint density at radius 1 is 0.920 bits per heavy atom. The predicted octanol–water partition coefficient (Wildman–Crippen LogP) is 4.55. The normalized spacial score (nSPS) is 10.2. The largest absolute Gasteiger partial charge is 0.482 e. The molecule has 2 N–H and O–H groups in total. The third-order valence-electron chi connectivity index (χ3n) is 3.51. The van der Waals surface area contributed by atoms with Gasteiger partial charge in [-0.05, 0) is 23.8 Å². The molecular formula is C19H16N2O4. The zero-order chi connectivity index (χ0) is 17.6. The monoisotopic (exact) mass is 336 g/mol. The number of nitro benzene ring substituents is 1. The van der Waals surface area contributed by atoms with Crippen LogP contribution in [0.5, 0.6) is 17.2 Å². The Balaban J connectivity index is 1.84. The minimum absolute atomic E-state index is 0.121. The summed E-state index contributed by atoms with van der Waals surface area (Å²) in [7, 11) is 0. The van der Waals surface area contributed by atoms with Crippen molar-refractivity contribution in [2.45, 2.75) is 6.61 Å². The second kappa shape index (κ2) is 7.35. The molecule has 0 atom stereocenters. The van der Waals surface area contributed by atoms with Crippen LogP contribution in [0.4, 0.5) is 11.4 Å². The predicted molar refractivity (Wildman–Crippen MR) is 94.8 cm³/mol. The summed E-state index contributed by atoms with van der Waals surface area (Å²) in [5.41, 5.74) is 7.13. The summed E-state index contributed by atoms with van der Waals surface area (Å²) in [4.78, 5) is 10.7. The topological polar surface area (TPSA) is 87.6 Å². The fourth-order valence-corrected chi connectivity index (χ4v) is 2.26. The van der Waals surface area contributed by atoms with Crippen molar-refractivity contribution in [1.82, 2.24) is 0 Å². The smallest absolute Gasteiger partial charge is 0.311 e. The maximum atomic E-state index is 11.2. The van der Waals surface area contributed by atoms with E-state index in [2.05, 4.69) is 0 Å². The van der Waals surface area contributed by atoms with Gasteiger partial charge in [-0.15, -0.1) is 0 Å². The number of para-hydroxylation sites is 2. The van der Waals surface area contributed by atoms with Crippen LogP contribution in [0.15, 0.2) is 72.8 Å². The number of nitrogen functional groups attached to an aromatic ring is 1. The molecule has 0 amide bonds. The van der Waals surface area contributed by atoms with E-state index in [-0.39, 0.29) is 18.0 Å².